The van der Waals surface area contributed by atoms with Crippen molar-refractivity contribution in [2.24, 2.45) is 16.6 Å². The zero-order valence-electron chi connectivity index (χ0n) is 15.2. The lowest BCUT2D eigenvalue weighted by Gasteiger charge is -2.31. The summed E-state index contributed by atoms with van der Waals surface area (Å²) in [6.45, 7) is 3.43. The zero-order chi connectivity index (χ0) is 18.8. The predicted molar refractivity (Wildman–Crippen MR) is 106 cm³/mol. The summed E-state index contributed by atoms with van der Waals surface area (Å²) in [5.74, 6) is 0.995. The first-order valence-corrected chi connectivity index (χ1v) is 10.3. The molecule has 2 amide bonds. The third kappa shape index (κ3) is 4.05. The predicted octanol–water partition coefficient (Wildman–Crippen LogP) is 2.44. The Labute approximate surface area is 162 Å². The maximum absolute atomic E-state index is 12.3. The first-order chi connectivity index (χ1) is 13.1. The number of hydrogen-bond acceptors (Lipinski definition) is 6. The van der Waals surface area contributed by atoms with E-state index in [2.05, 4.69) is 14.8 Å². The van der Waals surface area contributed by atoms with E-state index in [1.807, 2.05) is 12.1 Å². The number of amidine groups is 1. The van der Waals surface area contributed by atoms with E-state index in [1.54, 1.807) is 6.08 Å². The summed E-state index contributed by atoms with van der Waals surface area (Å²) in [6, 6.07) is 3.87. The molecule has 0 unspecified atom stereocenters. The van der Waals surface area contributed by atoms with Crippen LogP contribution in [0.25, 0.3) is 6.08 Å². The number of nitrogens with zero attached hydrogens (tertiary/aromatic N) is 3. The van der Waals surface area contributed by atoms with Crippen molar-refractivity contribution < 1.29 is 14.0 Å². The molecule has 2 N–H and O–H groups in total. The molecule has 0 aliphatic carbocycles. The Hall–Kier alpha value is -2.22. The highest BCUT2D eigenvalue weighted by atomic mass is 32.2. The van der Waals surface area contributed by atoms with Gasteiger partial charge in [-0.05, 0) is 49.9 Å². The molecule has 1 aromatic rings. The van der Waals surface area contributed by atoms with Crippen LogP contribution in [-0.4, -0.2) is 48.1 Å². The molecular formula is C19H24N4O3S. The lowest BCUT2D eigenvalue weighted by atomic mass is 9.97. The second-order valence-electron chi connectivity index (χ2n) is 7.20. The number of likely N-dealkylation sites (tertiary alicyclic amines) is 1. The molecular weight excluding hydrogens is 364 g/mol. The number of primary amides is 1. The fourth-order valence-electron chi connectivity index (χ4n) is 3.72. The number of amides is 2. The van der Waals surface area contributed by atoms with E-state index in [1.165, 1.54) is 31.0 Å². The summed E-state index contributed by atoms with van der Waals surface area (Å²) in [5.41, 5.74) is 5.38. The largest absolute Gasteiger partial charge is 0.441 e. The standard InChI is InChI=1S/C19H24N4O3S/c20-17(24)13-6-10-23(11-7-13)19-21-18(25)15(27-19)12-14-4-5-16(26-14)22-8-2-1-3-9-22/h4-5,12-13H,1-3,6-11H2,(H2,20,24)/b15-12-. The minimum atomic E-state index is -0.241. The van der Waals surface area contributed by atoms with Gasteiger partial charge >= 0.3 is 0 Å². The molecule has 3 aliphatic heterocycles. The molecule has 0 aromatic carbocycles. The van der Waals surface area contributed by atoms with Gasteiger partial charge in [0.25, 0.3) is 5.91 Å². The summed E-state index contributed by atoms with van der Waals surface area (Å²) >= 11 is 1.37. The Morgan fingerprint density at radius 1 is 1.15 bits per heavy atom. The lowest BCUT2D eigenvalue weighted by molar-refractivity contribution is -0.123. The maximum Gasteiger partial charge on any atom is 0.286 e. The second kappa shape index (κ2) is 7.80. The van der Waals surface area contributed by atoms with Gasteiger partial charge in [-0.25, -0.2) is 0 Å². The van der Waals surface area contributed by atoms with Crippen LogP contribution in [0.15, 0.2) is 26.4 Å². The quantitative estimate of drug-likeness (QED) is 0.800. The number of anilines is 1. The molecule has 8 heteroatoms. The van der Waals surface area contributed by atoms with Crippen molar-refractivity contribution in [3.05, 3.63) is 22.8 Å². The van der Waals surface area contributed by atoms with Crippen LogP contribution in [0.2, 0.25) is 0 Å². The molecule has 7 nitrogen and oxygen atoms in total. The van der Waals surface area contributed by atoms with Gasteiger partial charge in [-0.15, -0.1) is 0 Å². The van der Waals surface area contributed by atoms with Crippen LogP contribution in [0.3, 0.4) is 0 Å². The molecule has 4 rings (SSSR count). The van der Waals surface area contributed by atoms with Gasteiger partial charge in [-0.1, -0.05) is 0 Å². The molecule has 0 spiro atoms. The van der Waals surface area contributed by atoms with E-state index in [4.69, 9.17) is 10.2 Å². The van der Waals surface area contributed by atoms with E-state index in [0.717, 1.165) is 19.0 Å². The fourth-order valence-corrected chi connectivity index (χ4v) is 4.67. The van der Waals surface area contributed by atoms with E-state index in [-0.39, 0.29) is 17.7 Å². The van der Waals surface area contributed by atoms with Crippen LogP contribution in [0.4, 0.5) is 5.88 Å². The van der Waals surface area contributed by atoms with Gasteiger partial charge < -0.3 is 20.0 Å². The highest BCUT2D eigenvalue weighted by Crippen LogP contribution is 2.33. The SMILES string of the molecule is NC(=O)C1CCN(C2=NC(=O)/C(=C/c3ccc(N4CCCCC4)o3)S2)CC1. The molecule has 27 heavy (non-hydrogen) atoms. The Morgan fingerprint density at radius 3 is 2.59 bits per heavy atom. The molecule has 2 saturated heterocycles. The van der Waals surface area contributed by atoms with Gasteiger partial charge in [0.1, 0.15) is 5.76 Å². The average Bonchev–Trinajstić information content (AvgIpc) is 3.30. The monoisotopic (exact) mass is 388 g/mol. The Balaban J connectivity index is 1.39. The van der Waals surface area contributed by atoms with E-state index in [9.17, 15) is 9.59 Å². The van der Waals surface area contributed by atoms with Crippen molar-refractivity contribution in [2.75, 3.05) is 31.1 Å². The van der Waals surface area contributed by atoms with E-state index in [0.29, 0.717) is 41.8 Å². The molecule has 0 atom stereocenters. The van der Waals surface area contributed by atoms with Crippen LogP contribution in [0.1, 0.15) is 37.9 Å². The van der Waals surface area contributed by atoms with Crippen molar-refractivity contribution in [3.63, 3.8) is 0 Å². The molecule has 0 radical (unpaired) electrons. The third-order valence-corrected chi connectivity index (χ3v) is 6.38. The Kier molecular flexibility index (Phi) is 5.24. The fraction of sp³-hybridized carbons (Fsp3) is 0.526. The smallest absolute Gasteiger partial charge is 0.286 e. The summed E-state index contributed by atoms with van der Waals surface area (Å²) in [7, 11) is 0. The minimum Gasteiger partial charge on any atom is -0.441 e. The summed E-state index contributed by atoms with van der Waals surface area (Å²) in [6.07, 6.45) is 6.84. The highest BCUT2D eigenvalue weighted by Gasteiger charge is 2.30. The number of carbonyl (C=O) groups is 2. The van der Waals surface area contributed by atoms with Crippen molar-refractivity contribution in [1.29, 1.82) is 0 Å². The second-order valence-corrected chi connectivity index (χ2v) is 8.21. The van der Waals surface area contributed by atoms with Gasteiger partial charge in [-0.3, -0.25) is 9.59 Å². The first-order valence-electron chi connectivity index (χ1n) is 9.52. The molecule has 3 aliphatic rings. The van der Waals surface area contributed by atoms with Crippen molar-refractivity contribution >= 4 is 40.7 Å². The summed E-state index contributed by atoms with van der Waals surface area (Å²) in [4.78, 5) is 32.6. The molecule has 1 aromatic heterocycles. The molecule has 144 valence electrons. The van der Waals surface area contributed by atoms with Crippen LogP contribution >= 0.6 is 11.8 Å². The van der Waals surface area contributed by atoms with E-state index < -0.39 is 0 Å². The van der Waals surface area contributed by atoms with Crippen molar-refractivity contribution in [1.82, 2.24) is 4.90 Å². The van der Waals surface area contributed by atoms with Crippen LogP contribution in [-0.2, 0) is 9.59 Å². The number of aliphatic imine (C=N–C) groups is 1. The van der Waals surface area contributed by atoms with Crippen LogP contribution in [0.5, 0.6) is 0 Å². The van der Waals surface area contributed by atoms with Crippen molar-refractivity contribution in [2.45, 2.75) is 32.1 Å². The van der Waals surface area contributed by atoms with Gasteiger partial charge in [0.05, 0.1) is 4.91 Å². The van der Waals surface area contributed by atoms with Gasteiger partial charge in [0, 0.05) is 44.2 Å². The molecule has 0 saturated carbocycles. The number of piperidine rings is 2. The number of nitrogens with two attached hydrogens (primary N) is 1. The average molecular weight is 388 g/mol. The number of carbonyl (C=O) groups excluding carboxylic acids is 2. The van der Waals surface area contributed by atoms with Gasteiger partial charge in [-0.2, -0.15) is 4.99 Å². The van der Waals surface area contributed by atoms with Crippen LogP contribution < -0.4 is 10.6 Å². The summed E-state index contributed by atoms with van der Waals surface area (Å²) in [5, 5.41) is 0.706. The Morgan fingerprint density at radius 2 is 1.89 bits per heavy atom. The number of hydrogen-bond donors (Lipinski definition) is 1. The lowest BCUT2D eigenvalue weighted by Crippen LogP contribution is -2.40. The Bertz CT molecular complexity index is 787. The van der Waals surface area contributed by atoms with Crippen molar-refractivity contribution in [3.8, 4) is 0 Å². The topological polar surface area (TPSA) is 92.1 Å². The number of rotatable bonds is 3. The highest BCUT2D eigenvalue weighted by molar-refractivity contribution is 8.18. The zero-order valence-corrected chi connectivity index (χ0v) is 16.0. The van der Waals surface area contributed by atoms with E-state index >= 15 is 0 Å². The normalized spacial score (nSPS) is 23.2. The first kappa shape index (κ1) is 18.2. The number of thioether (sulfide) groups is 1. The minimum absolute atomic E-state index is 0.0738. The maximum atomic E-state index is 12.3. The molecule has 0 bridgehead atoms. The van der Waals surface area contributed by atoms with Gasteiger partial charge in [0.15, 0.2) is 11.1 Å². The van der Waals surface area contributed by atoms with Crippen LogP contribution in [0, 0.1) is 5.92 Å². The molecule has 2 fully saturated rings. The number of furan rings is 1. The summed E-state index contributed by atoms with van der Waals surface area (Å²) < 4.78 is 5.92. The third-order valence-electron chi connectivity index (χ3n) is 5.33. The molecule has 4 heterocycles. The van der Waals surface area contributed by atoms with Gasteiger partial charge in [0.2, 0.25) is 5.91 Å².